The van der Waals surface area contributed by atoms with Gasteiger partial charge in [0.05, 0.1) is 0 Å². The number of hydrogen-bond acceptors (Lipinski definition) is 3. The SMILES string of the molecule is CC(=O)NC(CNCCCC(F)(F)F)C(=O)O. The molecule has 8 heteroatoms. The van der Waals surface area contributed by atoms with Crippen molar-refractivity contribution in [1.29, 1.82) is 0 Å². The third-order valence-corrected chi connectivity index (χ3v) is 1.84. The van der Waals surface area contributed by atoms with Crippen LogP contribution in [-0.2, 0) is 9.59 Å². The van der Waals surface area contributed by atoms with Crippen molar-refractivity contribution in [3.63, 3.8) is 0 Å². The van der Waals surface area contributed by atoms with E-state index in [2.05, 4.69) is 10.6 Å². The zero-order valence-electron chi connectivity index (χ0n) is 9.30. The maximum atomic E-state index is 11.8. The highest BCUT2D eigenvalue weighted by molar-refractivity contribution is 5.82. The molecule has 0 saturated heterocycles. The van der Waals surface area contributed by atoms with Crippen molar-refractivity contribution in [3.8, 4) is 0 Å². The largest absolute Gasteiger partial charge is 0.480 e. The number of nitrogens with one attached hydrogen (secondary N) is 2. The van der Waals surface area contributed by atoms with Crippen molar-refractivity contribution in [2.45, 2.75) is 32.0 Å². The summed E-state index contributed by atoms with van der Waals surface area (Å²) >= 11 is 0. The quantitative estimate of drug-likeness (QED) is 0.580. The summed E-state index contributed by atoms with van der Waals surface area (Å²) in [5.74, 6) is -1.74. The van der Waals surface area contributed by atoms with Gasteiger partial charge in [-0.25, -0.2) is 4.79 Å². The fraction of sp³-hybridized carbons (Fsp3) is 0.778. The number of aliphatic carboxylic acids is 1. The summed E-state index contributed by atoms with van der Waals surface area (Å²) in [6, 6.07) is -1.13. The molecule has 0 aromatic heterocycles. The minimum Gasteiger partial charge on any atom is -0.480 e. The highest BCUT2D eigenvalue weighted by Crippen LogP contribution is 2.20. The van der Waals surface area contributed by atoms with Crippen LogP contribution in [0.1, 0.15) is 19.8 Å². The van der Waals surface area contributed by atoms with Crippen molar-refractivity contribution < 1.29 is 27.9 Å². The Labute approximate surface area is 96.4 Å². The van der Waals surface area contributed by atoms with Crippen LogP contribution in [0.5, 0.6) is 0 Å². The predicted molar refractivity (Wildman–Crippen MR) is 53.4 cm³/mol. The van der Waals surface area contributed by atoms with Crippen LogP contribution >= 0.6 is 0 Å². The first-order chi connectivity index (χ1) is 7.72. The van der Waals surface area contributed by atoms with Gasteiger partial charge in [-0.15, -0.1) is 0 Å². The smallest absolute Gasteiger partial charge is 0.389 e. The molecule has 0 radical (unpaired) electrons. The van der Waals surface area contributed by atoms with E-state index in [1.165, 1.54) is 6.92 Å². The first kappa shape index (κ1) is 15.7. The van der Waals surface area contributed by atoms with Gasteiger partial charge in [0.2, 0.25) is 5.91 Å². The Morgan fingerprint density at radius 1 is 1.35 bits per heavy atom. The van der Waals surface area contributed by atoms with Gasteiger partial charge in [0.1, 0.15) is 6.04 Å². The highest BCUT2D eigenvalue weighted by Gasteiger charge is 2.26. The van der Waals surface area contributed by atoms with Crippen molar-refractivity contribution in [2.75, 3.05) is 13.1 Å². The molecule has 0 rings (SSSR count). The highest BCUT2D eigenvalue weighted by atomic mass is 19.4. The van der Waals surface area contributed by atoms with Crippen LogP contribution in [-0.4, -0.2) is 42.3 Å². The number of rotatable bonds is 7. The predicted octanol–water partition coefficient (Wildman–Crippen LogP) is 0.508. The van der Waals surface area contributed by atoms with Gasteiger partial charge in [0.15, 0.2) is 0 Å². The monoisotopic (exact) mass is 256 g/mol. The molecule has 0 aromatic rings. The average Bonchev–Trinajstić information content (AvgIpc) is 2.12. The lowest BCUT2D eigenvalue weighted by Gasteiger charge is -2.14. The summed E-state index contributed by atoms with van der Waals surface area (Å²) in [7, 11) is 0. The lowest BCUT2D eigenvalue weighted by molar-refractivity contribution is -0.141. The summed E-state index contributed by atoms with van der Waals surface area (Å²) in [5.41, 5.74) is 0. The van der Waals surface area contributed by atoms with Crippen molar-refractivity contribution >= 4 is 11.9 Å². The molecule has 17 heavy (non-hydrogen) atoms. The standard InChI is InChI=1S/C9H15F3N2O3/c1-6(15)14-7(8(16)17)5-13-4-2-3-9(10,11)12/h7,13H,2-5H2,1H3,(H,14,15)(H,16,17). The average molecular weight is 256 g/mol. The number of carboxylic acids is 1. The molecule has 0 fully saturated rings. The maximum absolute atomic E-state index is 11.8. The van der Waals surface area contributed by atoms with Gasteiger partial charge in [-0.2, -0.15) is 13.2 Å². The fourth-order valence-corrected chi connectivity index (χ4v) is 1.11. The summed E-state index contributed by atoms with van der Waals surface area (Å²) in [4.78, 5) is 21.3. The number of hydrogen-bond donors (Lipinski definition) is 3. The number of carbonyl (C=O) groups excluding carboxylic acids is 1. The Morgan fingerprint density at radius 3 is 2.35 bits per heavy atom. The molecule has 0 aromatic carbocycles. The van der Waals surface area contributed by atoms with Gasteiger partial charge in [-0.1, -0.05) is 0 Å². The topological polar surface area (TPSA) is 78.4 Å². The molecular formula is C9H15F3N2O3. The van der Waals surface area contributed by atoms with Gasteiger partial charge < -0.3 is 15.7 Å². The molecule has 0 heterocycles. The van der Waals surface area contributed by atoms with E-state index in [1.54, 1.807) is 0 Å². The van der Waals surface area contributed by atoms with Crippen molar-refractivity contribution in [2.24, 2.45) is 0 Å². The van der Waals surface area contributed by atoms with Crippen molar-refractivity contribution in [3.05, 3.63) is 0 Å². The molecule has 0 spiro atoms. The molecule has 0 aliphatic heterocycles. The minimum atomic E-state index is -4.20. The van der Waals surface area contributed by atoms with E-state index in [0.717, 1.165) is 0 Å². The fourth-order valence-electron chi connectivity index (χ4n) is 1.11. The van der Waals surface area contributed by atoms with Gasteiger partial charge in [-0.3, -0.25) is 4.79 Å². The number of amides is 1. The molecule has 3 N–H and O–H groups in total. The summed E-state index contributed by atoms with van der Waals surface area (Å²) in [6.07, 6.45) is -5.25. The number of carbonyl (C=O) groups is 2. The third-order valence-electron chi connectivity index (χ3n) is 1.84. The van der Waals surface area contributed by atoms with E-state index in [1.807, 2.05) is 0 Å². The van der Waals surface area contributed by atoms with Crippen LogP contribution in [0.4, 0.5) is 13.2 Å². The van der Waals surface area contributed by atoms with Crippen LogP contribution in [0.15, 0.2) is 0 Å². The molecule has 1 atom stereocenters. The Balaban J connectivity index is 3.76. The summed E-state index contributed by atoms with van der Waals surface area (Å²) in [6.45, 7) is 1.11. The van der Waals surface area contributed by atoms with Crippen LogP contribution in [0, 0.1) is 0 Å². The number of alkyl halides is 3. The maximum Gasteiger partial charge on any atom is 0.389 e. The normalized spacial score (nSPS) is 13.2. The molecule has 0 aliphatic rings. The molecule has 100 valence electrons. The van der Waals surface area contributed by atoms with Gasteiger partial charge >= 0.3 is 12.1 Å². The molecule has 1 amide bonds. The van der Waals surface area contributed by atoms with E-state index < -0.39 is 30.5 Å². The second-order valence-electron chi connectivity index (χ2n) is 3.51. The van der Waals surface area contributed by atoms with E-state index in [4.69, 9.17) is 5.11 Å². The molecule has 0 bridgehead atoms. The molecule has 1 unspecified atom stereocenters. The van der Waals surface area contributed by atoms with Gasteiger partial charge in [-0.05, 0) is 13.0 Å². The lowest BCUT2D eigenvalue weighted by atomic mass is 10.2. The van der Waals surface area contributed by atoms with Crippen molar-refractivity contribution in [1.82, 2.24) is 10.6 Å². The Kier molecular flexibility index (Phi) is 6.55. The number of halogens is 3. The zero-order valence-corrected chi connectivity index (χ0v) is 9.30. The molecular weight excluding hydrogens is 241 g/mol. The van der Waals surface area contributed by atoms with Crippen LogP contribution < -0.4 is 10.6 Å². The summed E-state index contributed by atoms with van der Waals surface area (Å²) < 4.78 is 35.3. The van der Waals surface area contributed by atoms with E-state index in [9.17, 15) is 22.8 Å². The van der Waals surface area contributed by atoms with Gasteiger partial charge in [0.25, 0.3) is 0 Å². The first-order valence-corrected chi connectivity index (χ1v) is 5.00. The molecule has 0 saturated carbocycles. The summed E-state index contributed by atoms with van der Waals surface area (Å²) in [5, 5.41) is 13.4. The van der Waals surface area contributed by atoms with E-state index in [0.29, 0.717) is 0 Å². The molecule has 0 aliphatic carbocycles. The Morgan fingerprint density at radius 2 is 1.94 bits per heavy atom. The van der Waals surface area contributed by atoms with Crippen LogP contribution in [0.2, 0.25) is 0 Å². The van der Waals surface area contributed by atoms with E-state index in [-0.39, 0.29) is 19.5 Å². The second kappa shape index (κ2) is 7.10. The Bertz CT molecular complexity index is 269. The minimum absolute atomic E-state index is 0.0445. The lowest BCUT2D eigenvalue weighted by Crippen LogP contribution is -2.46. The van der Waals surface area contributed by atoms with Crippen LogP contribution in [0.3, 0.4) is 0 Å². The zero-order chi connectivity index (χ0) is 13.5. The molecule has 5 nitrogen and oxygen atoms in total. The van der Waals surface area contributed by atoms with Gasteiger partial charge in [0, 0.05) is 19.9 Å². The van der Waals surface area contributed by atoms with Crippen LogP contribution in [0.25, 0.3) is 0 Å². The number of carboxylic acid groups (broad SMARTS) is 1. The second-order valence-corrected chi connectivity index (χ2v) is 3.51. The first-order valence-electron chi connectivity index (χ1n) is 5.00. The van der Waals surface area contributed by atoms with E-state index >= 15 is 0 Å². The Hall–Kier alpha value is -1.31. The third kappa shape index (κ3) is 9.61.